The number of aromatic nitrogens is 3. The van der Waals surface area contributed by atoms with E-state index < -0.39 is 0 Å². The van der Waals surface area contributed by atoms with Gasteiger partial charge in [0, 0.05) is 17.6 Å². The van der Waals surface area contributed by atoms with Crippen molar-refractivity contribution in [2.45, 2.75) is 46.7 Å². The van der Waals surface area contributed by atoms with Gasteiger partial charge in [0.25, 0.3) is 0 Å². The van der Waals surface area contributed by atoms with Crippen molar-refractivity contribution in [3.05, 3.63) is 21.8 Å². The van der Waals surface area contributed by atoms with Crippen molar-refractivity contribution in [2.75, 3.05) is 11.1 Å². The lowest BCUT2D eigenvalue weighted by atomic mass is 10.4. The number of nitrogens with zero attached hydrogens (tertiary/aromatic N) is 3. The first-order valence-electron chi connectivity index (χ1n) is 6.66. The van der Waals surface area contributed by atoms with E-state index in [9.17, 15) is 0 Å². The van der Waals surface area contributed by atoms with Gasteiger partial charge in [0.2, 0.25) is 0 Å². The molecule has 0 aliphatic heterocycles. The van der Waals surface area contributed by atoms with Crippen LogP contribution in [0.2, 0.25) is 0 Å². The molecule has 6 heteroatoms. The minimum absolute atomic E-state index is 0.698. The maximum Gasteiger partial charge on any atom is 0.148 e. The summed E-state index contributed by atoms with van der Waals surface area (Å²) in [4.78, 5) is 5.71. The van der Waals surface area contributed by atoms with Gasteiger partial charge in [-0.05, 0) is 19.8 Å². The molecular formula is C13H21N5S. The van der Waals surface area contributed by atoms with E-state index >= 15 is 0 Å². The molecule has 0 radical (unpaired) electrons. The highest BCUT2D eigenvalue weighted by Crippen LogP contribution is 2.24. The van der Waals surface area contributed by atoms with Gasteiger partial charge in [-0.15, -0.1) is 11.3 Å². The lowest BCUT2D eigenvalue weighted by molar-refractivity contribution is 0.602. The number of hydrogen-bond donors (Lipinski definition) is 2. The Morgan fingerprint density at radius 1 is 1.42 bits per heavy atom. The Labute approximate surface area is 117 Å². The molecule has 0 aliphatic carbocycles. The van der Waals surface area contributed by atoms with Crippen LogP contribution in [0, 0.1) is 6.92 Å². The Morgan fingerprint density at radius 3 is 2.84 bits per heavy atom. The summed E-state index contributed by atoms with van der Waals surface area (Å²) in [6, 6.07) is 0. The smallest absolute Gasteiger partial charge is 0.148 e. The highest BCUT2D eigenvalue weighted by molar-refractivity contribution is 7.11. The number of anilines is 2. The molecule has 0 fully saturated rings. The van der Waals surface area contributed by atoms with E-state index in [0.29, 0.717) is 6.54 Å². The Morgan fingerprint density at radius 2 is 2.21 bits per heavy atom. The molecule has 2 aromatic rings. The molecule has 0 amide bonds. The Hall–Kier alpha value is -1.56. The third-order valence-electron chi connectivity index (χ3n) is 2.97. The number of aryl methyl sites for hydroxylation is 3. The van der Waals surface area contributed by atoms with Crippen LogP contribution in [-0.4, -0.2) is 14.8 Å². The molecule has 2 aromatic heterocycles. The standard InChI is InChI=1S/C13H21N5S/c1-4-6-18-13(12(14)9(3)17-18)16-8-11-15-7-10(5-2)19-11/h7,16H,4-6,8,14H2,1-3H3. The zero-order chi connectivity index (χ0) is 13.8. The van der Waals surface area contributed by atoms with E-state index in [0.717, 1.165) is 41.6 Å². The van der Waals surface area contributed by atoms with Crippen LogP contribution in [0.1, 0.15) is 35.8 Å². The first-order valence-corrected chi connectivity index (χ1v) is 7.47. The molecule has 0 aliphatic rings. The zero-order valence-electron chi connectivity index (χ0n) is 11.7. The molecule has 104 valence electrons. The molecule has 0 unspecified atom stereocenters. The summed E-state index contributed by atoms with van der Waals surface area (Å²) in [5.74, 6) is 0.910. The van der Waals surface area contributed by atoms with Crippen LogP contribution < -0.4 is 11.1 Å². The molecule has 2 rings (SSSR count). The van der Waals surface area contributed by atoms with E-state index in [4.69, 9.17) is 5.73 Å². The maximum absolute atomic E-state index is 6.07. The fourth-order valence-electron chi connectivity index (χ4n) is 1.91. The van der Waals surface area contributed by atoms with Crippen molar-refractivity contribution in [1.29, 1.82) is 0 Å². The van der Waals surface area contributed by atoms with Crippen LogP contribution in [-0.2, 0) is 19.5 Å². The van der Waals surface area contributed by atoms with E-state index in [1.165, 1.54) is 4.88 Å². The zero-order valence-corrected chi connectivity index (χ0v) is 12.5. The van der Waals surface area contributed by atoms with Crippen molar-refractivity contribution >= 4 is 22.8 Å². The van der Waals surface area contributed by atoms with Crippen LogP contribution in [0.4, 0.5) is 11.5 Å². The highest BCUT2D eigenvalue weighted by Gasteiger charge is 2.12. The highest BCUT2D eigenvalue weighted by atomic mass is 32.1. The normalized spacial score (nSPS) is 10.9. The minimum atomic E-state index is 0.698. The third-order valence-corrected chi connectivity index (χ3v) is 4.11. The van der Waals surface area contributed by atoms with Crippen molar-refractivity contribution in [1.82, 2.24) is 14.8 Å². The number of thiazole rings is 1. The van der Waals surface area contributed by atoms with Crippen molar-refractivity contribution in [3.8, 4) is 0 Å². The van der Waals surface area contributed by atoms with Gasteiger partial charge in [-0.2, -0.15) is 5.10 Å². The fourth-order valence-corrected chi connectivity index (χ4v) is 2.71. The van der Waals surface area contributed by atoms with Gasteiger partial charge >= 0.3 is 0 Å². The van der Waals surface area contributed by atoms with Gasteiger partial charge < -0.3 is 11.1 Å². The molecule has 0 spiro atoms. The average Bonchev–Trinajstić information content (AvgIpc) is 2.95. The van der Waals surface area contributed by atoms with Crippen LogP contribution in [0.5, 0.6) is 0 Å². The first-order chi connectivity index (χ1) is 9.15. The molecule has 0 saturated carbocycles. The van der Waals surface area contributed by atoms with E-state index in [2.05, 4.69) is 29.2 Å². The monoisotopic (exact) mass is 279 g/mol. The lowest BCUT2D eigenvalue weighted by Crippen LogP contribution is -2.09. The second-order valence-electron chi connectivity index (χ2n) is 4.50. The fraction of sp³-hybridized carbons (Fsp3) is 0.538. The van der Waals surface area contributed by atoms with Crippen LogP contribution in [0.3, 0.4) is 0 Å². The van der Waals surface area contributed by atoms with E-state index in [1.807, 2.05) is 17.8 Å². The average molecular weight is 279 g/mol. The molecule has 0 bridgehead atoms. The molecule has 0 atom stereocenters. The SMILES string of the molecule is CCCn1nc(C)c(N)c1NCc1ncc(CC)s1. The maximum atomic E-state index is 6.07. The van der Waals surface area contributed by atoms with Gasteiger partial charge in [-0.25, -0.2) is 9.67 Å². The first kappa shape index (κ1) is 13.9. The van der Waals surface area contributed by atoms with Crippen LogP contribution in [0.25, 0.3) is 0 Å². The van der Waals surface area contributed by atoms with Crippen LogP contribution in [0.15, 0.2) is 6.20 Å². The number of hydrogen-bond acceptors (Lipinski definition) is 5. The third kappa shape index (κ3) is 3.07. The summed E-state index contributed by atoms with van der Waals surface area (Å²) in [5.41, 5.74) is 7.68. The van der Waals surface area contributed by atoms with Crippen molar-refractivity contribution in [2.24, 2.45) is 0 Å². The number of nitrogen functional groups attached to an aromatic ring is 1. The topological polar surface area (TPSA) is 68.8 Å². The molecular weight excluding hydrogens is 258 g/mol. The van der Waals surface area contributed by atoms with E-state index in [1.54, 1.807) is 11.3 Å². The van der Waals surface area contributed by atoms with Gasteiger partial charge in [0.1, 0.15) is 10.8 Å². The van der Waals surface area contributed by atoms with Gasteiger partial charge in [0.05, 0.1) is 17.9 Å². The predicted octanol–water partition coefficient (Wildman–Crippen LogP) is 2.81. The van der Waals surface area contributed by atoms with Gasteiger partial charge in [-0.3, -0.25) is 0 Å². The summed E-state index contributed by atoms with van der Waals surface area (Å²) in [6.07, 6.45) is 4.01. The summed E-state index contributed by atoms with van der Waals surface area (Å²) < 4.78 is 1.94. The van der Waals surface area contributed by atoms with Crippen molar-refractivity contribution in [3.63, 3.8) is 0 Å². The summed E-state index contributed by atoms with van der Waals surface area (Å²) in [7, 11) is 0. The summed E-state index contributed by atoms with van der Waals surface area (Å²) in [6.45, 7) is 7.78. The van der Waals surface area contributed by atoms with Gasteiger partial charge in [-0.1, -0.05) is 13.8 Å². The van der Waals surface area contributed by atoms with Crippen molar-refractivity contribution < 1.29 is 0 Å². The minimum Gasteiger partial charge on any atom is -0.394 e. The van der Waals surface area contributed by atoms with Gasteiger partial charge in [0.15, 0.2) is 0 Å². The second-order valence-corrected chi connectivity index (χ2v) is 5.70. The Balaban J connectivity index is 2.09. The Kier molecular flexibility index (Phi) is 4.42. The van der Waals surface area contributed by atoms with Crippen LogP contribution >= 0.6 is 11.3 Å². The lowest BCUT2D eigenvalue weighted by Gasteiger charge is -2.08. The number of rotatable bonds is 6. The largest absolute Gasteiger partial charge is 0.394 e. The molecule has 0 aromatic carbocycles. The molecule has 3 N–H and O–H groups in total. The molecule has 2 heterocycles. The van der Waals surface area contributed by atoms with E-state index in [-0.39, 0.29) is 0 Å². The molecule has 5 nitrogen and oxygen atoms in total. The summed E-state index contributed by atoms with van der Waals surface area (Å²) >= 11 is 1.74. The summed E-state index contributed by atoms with van der Waals surface area (Å²) in [5, 5.41) is 8.89. The predicted molar refractivity (Wildman–Crippen MR) is 80.5 cm³/mol. The number of nitrogens with two attached hydrogens (primary N) is 1. The Bertz CT molecular complexity index is 543. The second kappa shape index (κ2) is 6.06. The molecule has 0 saturated heterocycles. The quantitative estimate of drug-likeness (QED) is 0.853. The number of nitrogens with one attached hydrogen (secondary N) is 1. The molecule has 19 heavy (non-hydrogen) atoms.